The first-order chi connectivity index (χ1) is 11.3. The van der Waals surface area contributed by atoms with Gasteiger partial charge >= 0.3 is 0 Å². The van der Waals surface area contributed by atoms with E-state index in [1.165, 1.54) is 7.11 Å². The Kier molecular flexibility index (Phi) is 5.81. The normalized spacial score (nSPS) is 25.6. The van der Waals surface area contributed by atoms with Gasteiger partial charge in [-0.25, -0.2) is 8.42 Å². The molecule has 1 aliphatic rings. The molecule has 0 amide bonds. The van der Waals surface area contributed by atoms with Gasteiger partial charge in [-0.15, -0.1) is 0 Å². The summed E-state index contributed by atoms with van der Waals surface area (Å²) in [5, 5.41) is 3.60. The maximum atomic E-state index is 13.1. The number of methoxy groups -OCH3 is 2. The number of hydrogen-bond donors (Lipinski definition) is 1. The van der Waals surface area contributed by atoms with Crippen molar-refractivity contribution in [1.29, 1.82) is 0 Å². The second kappa shape index (κ2) is 7.31. The standard InChI is InChI=1S/C18H29NO4S/c1-6-8-9-18(7-2)12-24(20,21)17-11-16(23-5)15(22-4)10-14(17)13(3)19-18/h10-11,13,19H,6-9,12H2,1-5H3/t13-,18-/m1/s1. The Morgan fingerprint density at radius 2 is 1.83 bits per heavy atom. The van der Waals surface area contributed by atoms with Gasteiger partial charge in [0.05, 0.1) is 24.9 Å². The lowest BCUT2D eigenvalue weighted by molar-refractivity contribution is 0.286. The average molecular weight is 356 g/mol. The molecule has 0 unspecified atom stereocenters. The third kappa shape index (κ3) is 3.54. The van der Waals surface area contributed by atoms with Crippen molar-refractivity contribution in [2.45, 2.75) is 62.9 Å². The molecule has 0 bridgehead atoms. The Balaban J connectivity index is 2.59. The Hall–Kier alpha value is -1.27. The Bertz CT molecular complexity index is 687. The van der Waals surface area contributed by atoms with E-state index in [1.54, 1.807) is 19.2 Å². The van der Waals surface area contributed by atoms with Crippen LogP contribution < -0.4 is 14.8 Å². The molecule has 1 heterocycles. The molecule has 0 radical (unpaired) electrons. The molecule has 24 heavy (non-hydrogen) atoms. The highest BCUT2D eigenvalue weighted by Crippen LogP contribution is 2.40. The number of sulfone groups is 1. The fourth-order valence-electron chi connectivity index (χ4n) is 3.54. The molecular weight excluding hydrogens is 326 g/mol. The van der Waals surface area contributed by atoms with Gasteiger partial charge in [-0.2, -0.15) is 0 Å². The van der Waals surface area contributed by atoms with E-state index >= 15 is 0 Å². The SMILES string of the molecule is CCCC[C@]1(CC)CS(=O)(=O)c2cc(OC)c(OC)cc2[C@@H](C)N1. The van der Waals surface area contributed by atoms with Gasteiger partial charge in [0.1, 0.15) is 0 Å². The highest BCUT2D eigenvalue weighted by atomic mass is 32.2. The predicted molar refractivity (Wildman–Crippen MR) is 95.7 cm³/mol. The van der Waals surface area contributed by atoms with Gasteiger partial charge in [-0.1, -0.05) is 26.7 Å². The fraction of sp³-hybridized carbons (Fsp3) is 0.667. The van der Waals surface area contributed by atoms with E-state index in [1.807, 2.05) is 6.92 Å². The Labute approximate surface area is 145 Å². The Morgan fingerprint density at radius 1 is 1.21 bits per heavy atom. The highest BCUT2D eigenvalue weighted by Gasteiger charge is 2.40. The third-order valence-electron chi connectivity index (χ3n) is 4.99. The van der Waals surface area contributed by atoms with Crippen LogP contribution in [0.15, 0.2) is 17.0 Å². The molecule has 1 N–H and O–H groups in total. The van der Waals surface area contributed by atoms with Gasteiger partial charge in [0.25, 0.3) is 0 Å². The molecule has 0 saturated heterocycles. The maximum absolute atomic E-state index is 13.1. The lowest BCUT2D eigenvalue weighted by Crippen LogP contribution is -2.49. The first-order valence-electron chi connectivity index (χ1n) is 8.59. The van der Waals surface area contributed by atoms with Crippen LogP contribution in [0.5, 0.6) is 11.5 Å². The predicted octanol–water partition coefficient (Wildman–Crippen LogP) is 3.48. The summed E-state index contributed by atoms with van der Waals surface area (Å²) in [4.78, 5) is 0.354. The summed E-state index contributed by atoms with van der Waals surface area (Å²) >= 11 is 0. The van der Waals surface area contributed by atoms with Gasteiger partial charge in [-0.05, 0) is 31.4 Å². The summed E-state index contributed by atoms with van der Waals surface area (Å²) in [7, 11) is -0.336. The minimum absolute atomic E-state index is 0.0751. The smallest absolute Gasteiger partial charge is 0.180 e. The molecule has 0 spiro atoms. The van der Waals surface area contributed by atoms with Crippen LogP contribution in [0.1, 0.15) is 58.1 Å². The molecule has 0 fully saturated rings. The second-order valence-corrected chi connectivity index (χ2v) is 8.57. The van der Waals surface area contributed by atoms with Crippen LogP contribution >= 0.6 is 0 Å². The lowest BCUT2D eigenvalue weighted by atomic mass is 9.90. The molecular formula is C18H29NO4S. The van der Waals surface area contributed by atoms with Gasteiger partial charge in [-0.3, -0.25) is 0 Å². The van der Waals surface area contributed by atoms with Crippen LogP contribution in [0.2, 0.25) is 0 Å². The van der Waals surface area contributed by atoms with Crippen molar-refractivity contribution < 1.29 is 17.9 Å². The average Bonchev–Trinajstić information content (AvgIpc) is 2.65. The third-order valence-corrected chi connectivity index (χ3v) is 6.95. The van der Waals surface area contributed by atoms with Crippen LogP contribution in [0.4, 0.5) is 0 Å². The number of benzene rings is 1. The molecule has 136 valence electrons. The summed E-state index contributed by atoms with van der Waals surface area (Å²) in [6.45, 7) is 6.20. The van der Waals surface area contributed by atoms with Gasteiger partial charge in [0, 0.05) is 17.6 Å². The van der Waals surface area contributed by atoms with Crippen molar-refractivity contribution in [1.82, 2.24) is 5.32 Å². The zero-order valence-corrected chi connectivity index (χ0v) is 16.1. The minimum Gasteiger partial charge on any atom is -0.493 e. The number of nitrogens with one attached hydrogen (secondary N) is 1. The second-order valence-electron chi connectivity index (χ2n) is 6.61. The maximum Gasteiger partial charge on any atom is 0.180 e. The quantitative estimate of drug-likeness (QED) is 0.846. The first kappa shape index (κ1) is 19.1. The van der Waals surface area contributed by atoms with Crippen molar-refractivity contribution >= 4 is 9.84 Å². The molecule has 1 aromatic carbocycles. The Morgan fingerprint density at radius 3 is 2.38 bits per heavy atom. The van der Waals surface area contributed by atoms with Crippen LogP contribution in [0.3, 0.4) is 0 Å². The van der Waals surface area contributed by atoms with E-state index in [-0.39, 0.29) is 11.8 Å². The zero-order valence-electron chi connectivity index (χ0n) is 15.3. The molecule has 0 aliphatic carbocycles. The van der Waals surface area contributed by atoms with E-state index in [4.69, 9.17) is 9.47 Å². The number of rotatable bonds is 6. The van der Waals surface area contributed by atoms with E-state index < -0.39 is 15.4 Å². The molecule has 0 saturated carbocycles. The van der Waals surface area contributed by atoms with Crippen molar-refractivity contribution in [2.75, 3.05) is 20.0 Å². The van der Waals surface area contributed by atoms with Crippen LogP contribution in [-0.4, -0.2) is 33.9 Å². The zero-order chi connectivity index (χ0) is 18.0. The summed E-state index contributed by atoms with van der Waals surface area (Å²) in [6, 6.07) is 3.32. The van der Waals surface area contributed by atoms with Crippen molar-refractivity contribution in [3.8, 4) is 11.5 Å². The number of ether oxygens (including phenoxy) is 2. The molecule has 2 atom stereocenters. The number of unbranched alkanes of at least 4 members (excludes halogenated alkanes) is 1. The van der Waals surface area contributed by atoms with Crippen LogP contribution in [-0.2, 0) is 9.84 Å². The minimum atomic E-state index is -3.42. The molecule has 1 aromatic rings. The fourth-order valence-corrected chi connectivity index (χ4v) is 5.74. The van der Waals surface area contributed by atoms with Crippen molar-refractivity contribution in [3.63, 3.8) is 0 Å². The number of fused-ring (bicyclic) bond motifs is 1. The summed E-state index contributed by atoms with van der Waals surface area (Å²) in [5.41, 5.74) is 0.354. The molecule has 1 aliphatic heterocycles. The van der Waals surface area contributed by atoms with Gasteiger partial charge in [0.15, 0.2) is 21.3 Å². The largest absolute Gasteiger partial charge is 0.493 e. The van der Waals surface area contributed by atoms with Crippen LogP contribution in [0, 0.1) is 0 Å². The monoisotopic (exact) mass is 355 g/mol. The topological polar surface area (TPSA) is 64.6 Å². The van der Waals surface area contributed by atoms with Crippen molar-refractivity contribution in [3.05, 3.63) is 17.7 Å². The van der Waals surface area contributed by atoms with Gasteiger partial charge < -0.3 is 14.8 Å². The summed E-state index contributed by atoms with van der Waals surface area (Å²) in [5.74, 6) is 1.12. The van der Waals surface area contributed by atoms with Crippen LogP contribution in [0.25, 0.3) is 0 Å². The van der Waals surface area contributed by atoms with E-state index in [9.17, 15) is 8.42 Å². The lowest BCUT2D eigenvalue weighted by Gasteiger charge is -2.34. The van der Waals surface area contributed by atoms with E-state index in [0.29, 0.717) is 16.4 Å². The summed E-state index contributed by atoms with van der Waals surface area (Å²) < 4.78 is 36.9. The molecule has 6 heteroatoms. The van der Waals surface area contributed by atoms with E-state index in [0.717, 1.165) is 31.2 Å². The number of hydrogen-bond acceptors (Lipinski definition) is 5. The summed E-state index contributed by atoms with van der Waals surface area (Å²) in [6.07, 6.45) is 3.68. The molecule has 0 aromatic heterocycles. The first-order valence-corrected chi connectivity index (χ1v) is 10.2. The van der Waals surface area contributed by atoms with E-state index in [2.05, 4.69) is 19.2 Å². The molecule has 2 rings (SSSR count). The highest BCUT2D eigenvalue weighted by molar-refractivity contribution is 7.91. The van der Waals surface area contributed by atoms with Crippen molar-refractivity contribution in [2.24, 2.45) is 0 Å². The van der Waals surface area contributed by atoms with Gasteiger partial charge in [0.2, 0.25) is 0 Å². The molecule has 5 nitrogen and oxygen atoms in total.